The van der Waals surface area contributed by atoms with E-state index in [1.165, 1.54) is 0 Å². The Labute approximate surface area is 105 Å². The third-order valence-electron chi connectivity index (χ3n) is 2.42. The molecule has 4 N–H and O–H groups in total. The van der Waals surface area contributed by atoms with E-state index in [-0.39, 0.29) is 17.9 Å². The van der Waals surface area contributed by atoms with E-state index < -0.39 is 0 Å². The summed E-state index contributed by atoms with van der Waals surface area (Å²) in [6.07, 6.45) is 1.98. The minimum absolute atomic E-state index is 0.140. The van der Waals surface area contributed by atoms with Crippen LogP contribution in [0.25, 0.3) is 0 Å². The van der Waals surface area contributed by atoms with Crippen LogP contribution in [-0.4, -0.2) is 29.3 Å². The first-order valence-electron chi connectivity index (χ1n) is 5.03. The van der Waals surface area contributed by atoms with Crippen LogP contribution >= 0.6 is 23.4 Å². The number of nitrogen functional groups attached to an aromatic ring is 1. The van der Waals surface area contributed by atoms with Crippen molar-refractivity contribution >= 4 is 34.7 Å². The maximum absolute atomic E-state index is 9.17. The fraction of sp³-hybridized carbons (Fsp3) is 0.455. The molecule has 90 valence electrons. The van der Waals surface area contributed by atoms with E-state index in [0.29, 0.717) is 10.7 Å². The van der Waals surface area contributed by atoms with Gasteiger partial charge in [-0.05, 0) is 31.4 Å². The van der Waals surface area contributed by atoms with E-state index in [0.717, 1.165) is 5.69 Å². The van der Waals surface area contributed by atoms with Crippen LogP contribution in [0.15, 0.2) is 18.2 Å². The van der Waals surface area contributed by atoms with E-state index in [1.54, 1.807) is 23.9 Å². The number of aliphatic hydroxyl groups excluding tert-OH is 1. The average molecular weight is 261 g/mol. The van der Waals surface area contributed by atoms with Crippen molar-refractivity contribution in [2.24, 2.45) is 0 Å². The molecule has 16 heavy (non-hydrogen) atoms. The number of nitrogens with one attached hydrogen (secondary N) is 1. The molecular weight excluding hydrogens is 244 g/mol. The SMILES string of the molecule is CSC(CO)C(C)Nc1ccc(N)cc1Cl. The number of hydrogen-bond donors (Lipinski definition) is 3. The molecule has 1 aromatic carbocycles. The van der Waals surface area contributed by atoms with Gasteiger partial charge in [0.25, 0.3) is 0 Å². The lowest BCUT2D eigenvalue weighted by atomic mass is 10.2. The van der Waals surface area contributed by atoms with Crippen molar-refractivity contribution in [2.45, 2.75) is 18.2 Å². The van der Waals surface area contributed by atoms with Crippen molar-refractivity contribution in [3.63, 3.8) is 0 Å². The second-order valence-corrected chi connectivity index (χ2v) is 5.11. The highest BCUT2D eigenvalue weighted by atomic mass is 35.5. The molecule has 0 saturated carbocycles. The number of anilines is 2. The highest BCUT2D eigenvalue weighted by Crippen LogP contribution is 2.26. The van der Waals surface area contributed by atoms with Gasteiger partial charge >= 0.3 is 0 Å². The molecule has 0 saturated heterocycles. The molecule has 2 atom stereocenters. The molecule has 1 aromatic rings. The minimum atomic E-state index is 0.140. The van der Waals surface area contributed by atoms with Gasteiger partial charge in [-0.1, -0.05) is 11.6 Å². The quantitative estimate of drug-likeness (QED) is 0.712. The number of halogens is 1. The number of thioether (sulfide) groups is 1. The first-order chi connectivity index (χ1) is 7.58. The molecular formula is C11H17ClN2OS. The molecule has 0 heterocycles. The van der Waals surface area contributed by atoms with Gasteiger partial charge in [-0.2, -0.15) is 11.8 Å². The smallest absolute Gasteiger partial charge is 0.0658 e. The second-order valence-electron chi connectivity index (χ2n) is 3.63. The monoisotopic (exact) mass is 260 g/mol. The summed E-state index contributed by atoms with van der Waals surface area (Å²) >= 11 is 7.68. The topological polar surface area (TPSA) is 58.3 Å². The fourth-order valence-corrected chi connectivity index (χ4v) is 2.29. The highest BCUT2D eigenvalue weighted by molar-refractivity contribution is 7.99. The van der Waals surface area contributed by atoms with Gasteiger partial charge in [0.15, 0.2) is 0 Å². The maximum Gasteiger partial charge on any atom is 0.0658 e. The van der Waals surface area contributed by atoms with Crippen LogP contribution < -0.4 is 11.1 Å². The molecule has 0 amide bonds. The Morgan fingerprint density at radius 2 is 2.25 bits per heavy atom. The van der Waals surface area contributed by atoms with E-state index in [2.05, 4.69) is 5.32 Å². The van der Waals surface area contributed by atoms with E-state index in [9.17, 15) is 5.11 Å². The van der Waals surface area contributed by atoms with Gasteiger partial charge in [0.1, 0.15) is 0 Å². The van der Waals surface area contributed by atoms with E-state index in [4.69, 9.17) is 17.3 Å². The van der Waals surface area contributed by atoms with Gasteiger partial charge in [0.05, 0.1) is 17.3 Å². The zero-order valence-electron chi connectivity index (χ0n) is 9.40. The molecule has 0 aliphatic heterocycles. The van der Waals surface area contributed by atoms with Gasteiger partial charge in [0, 0.05) is 17.0 Å². The summed E-state index contributed by atoms with van der Waals surface area (Å²) in [7, 11) is 0. The van der Waals surface area contributed by atoms with Crippen molar-refractivity contribution in [1.29, 1.82) is 0 Å². The molecule has 0 aromatic heterocycles. The van der Waals surface area contributed by atoms with E-state index in [1.807, 2.05) is 19.2 Å². The van der Waals surface area contributed by atoms with Crippen molar-refractivity contribution in [2.75, 3.05) is 23.9 Å². The largest absolute Gasteiger partial charge is 0.399 e. The summed E-state index contributed by atoms with van der Waals surface area (Å²) in [5.74, 6) is 0. The fourth-order valence-electron chi connectivity index (χ4n) is 1.42. The third-order valence-corrected chi connectivity index (χ3v) is 3.89. The Kier molecular flexibility index (Phi) is 5.25. The standard InChI is InChI=1S/C11H17ClN2OS/c1-7(11(6-15)16-2)14-10-4-3-8(13)5-9(10)12/h3-5,7,11,14-15H,6,13H2,1-2H3. The summed E-state index contributed by atoms with van der Waals surface area (Å²) in [5.41, 5.74) is 7.10. The number of nitrogens with two attached hydrogens (primary N) is 1. The Bertz CT molecular complexity index is 345. The number of benzene rings is 1. The third kappa shape index (κ3) is 3.47. The van der Waals surface area contributed by atoms with Gasteiger partial charge in [-0.25, -0.2) is 0 Å². The van der Waals surface area contributed by atoms with Crippen LogP contribution in [0.2, 0.25) is 5.02 Å². The molecule has 0 aliphatic carbocycles. The van der Waals surface area contributed by atoms with Gasteiger partial charge in [0.2, 0.25) is 0 Å². The molecule has 1 rings (SSSR count). The summed E-state index contributed by atoms with van der Waals surface area (Å²) in [6.45, 7) is 2.16. The summed E-state index contributed by atoms with van der Waals surface area (Å²) in [6, 6.07) is 5.50. The number of aliphatic hydroxyl groups is 1. The Balaban J connectivity index is 2.72. The molecule has 0 bridgehead atoms. The van der Waals surface area contributed by atoms with Crippen molar-refractivity contribution in [3.05, 3.63) is 23.2 Å². The molecule has 5 heteroatoms. The van der Waals surface area contributed by atoms with Crippen LogP contribution in [0.1, 0.15) is 6.92 Å². The van der Waals surface area contributed by atoms with Gasteiger partial charge < -0.3 is 16.2 Å². The van der Waals surface area contributed by atoms with Crippen LogP contribution in [0.5, 0.6) is 0 Å². The van der Waals surface area contributed by atoms with Crippen molar-refractivity contribution < 1.29 is 5.11 Å². The molecule has 0 fully saturated rings. The lowest BCUT2D eigenvalue weighted by molar-refractivity contribution is 0.288. The van der Waals surface area contributed by atoms with Gasteiger partial charge in [-0.15, -0.1) is 0 Å². The Hall–Kier alpha value is -0.580. The Morgan fingerprint density at radius 1 is 1.56 bits per heavy atom. The minimum Gasteiger partial charge on any atom is -0.399 e. The summed E-state index contributed by atoms with van der Waals surface area (Å²) < 4.78 is 0. The zero-order chi connectivity index (χ0) is 12.1. The lowest BCUT2D eigenvalue weighted by Gasteiger charge is -2.23. The summed E-state index contributed by atoms with van der Waals surface area (Å²) in [5, 5.41) is 13.2. The normalized spacial score (nSPS) is 14.5. The Morgan fingerprint density at radius 3 is 2.75 bits per heavy atom. The average Bonchev–Trinajstić information content (AvgIpc) is 2.24. The van der Waals surface area contributed by atoms with Crippen LogP contribution in [0.3, 0.4) is 0 Å². The predicted octanol–water partition coefficient (Wildman–Crippen LogP) is 2.45. The van der Waals surface area contributed by atoms with Crippen LogP contribution in [-0.2, 0) is 0 Å². The van der Waals surface area contributed by atoms with Crippen molar-refractivity contribution in [1.82, 2.24) is 0 Å². The zero-order valence-corrected chi connectivity index (χ0v) is 11.0. The highest BCUT2D eigenvalue weighted by Gasteiger charge is 2.15. The first-order valence-corrected chi connectivity index (χ1v) is 6.70. The number of rotatable bonds is 5. The lowest BCUT2D eigenvalue weighted by Crippen LogP contribution is -2.31. The van der Waals surface area contributed by atoms with E-state index >= 15 is 0 Å². The summed E-state index contributed by atoms with van der Waals surface area (Å²) in [4.78, 5) is 0. The molecule has 0 aliphatic rings. The maximum atomic E-state index is 9.17. The number of hydrogen-bond acceptors (Lipinski definition) is 4. The second kappa shape index (κ2) is 6.23. The predicted molar refractivity (Wildman–Crippen MR) is 73.3 cm³/mol. The molecule has 3 nitrogen and oxygen atoms in total. The first kappa shape index (κ1) is 13.5. The molecule has 0 radical (unpaired) electrons. The van der Waals surface area contributed by atoms with Crippen LogP contribution in [0, 0.1) is 0 Å². The van der Waals surface area contributed by atoms with Crippen molar-refractivity contribution in [3.8, 4) is 0 Å². The molecule has 0 spiro atoms. The van der Waals surface area contributed by atoms with Gasteiger partial charge in [-0.3, -0.25) is 0 Å². The molecule has 2 unspecified atom stereocenters. The van der Waals surface area contributed by atoms with Crippen LogP contribution in [0.4, 0.5) is 11.4 Å².